The van der Waals surface area contributed by atoms with Gasteiger partial charge in [-0.1, -0.05) is 12.1 Å². The number of methoxy groups -OCH3 is 2. The molecule has 0 bridgehead atoms. The van der Waals surface area contributed by atoms with Gasteiger partial charge < -0.3 is 39.4 Å². The van der Waals surface area contributed by atoms with Crippen molar-refractivity contribution in [3.63, 3.8) is 0 Å². The minimum atomic E-state index is -1.41. The molecule has 178 valence electrons. The van der Waals surface area contributed by atoms with Crippen molar-refractivity contribution in [2.75, 3.05) is 26.1 Å². The third kappa shape index (κ3) is 4.43. The highest BCUT2D eigenvalue weighted by molar-refractivity contribution is 5.87. The molecule has 1 aliphatic heterocycles. The van der Waals surface area contributed by atoms with E-state index >= 15 is 0 Å². The number of aliphatic hydroxyl groups is 3. The van der Waals surface area contributed by atoms with Gasteiger partial charge in [0.05, 0.1) is 11.9 Å². The predicted octanol–water partition coefficient (Wildman–Crippen LogP) is 1.26. The number of nitrogens with one attached hydrogen (secondary N) is 1. The largest absolute Gasteiger partial charge is 0.387 e. The average Bonchev–Trinajstić information content (AvgIpc) is 3.37. The lowest BCUT2D eigenvalue weighted by Crippen LogP contribution is -2.34. The molecule has 1 aromatic carbocycles. The van der Waals surface area contributed by atoms with Crippen LogP contribution in [0.25, 0.3) is 11.0 Å². The fourth-order valence-corrected chi connectivity index (χ4v) is 3.92. The minimum absolute atomic E-state index is 0.243. The molecule has 3 heterocycles. The fourth-order valence-electron chi connectivity index (χ4n) is 3.92. The lowest BCUT2D eigenvalue weighted by Gasteiger charge is -2.21. The van der Waals surface area contributed by atoms with Crippen LogP contribution < -0.4 is 5.32 Å². The van der Waals surface area contributed by atoms with Crippen LogP contribution in [-0.2, 0) is 14.2 Å². The Hall–Kier alpha value is -2.67. The van der Waals surface area contributed by atoms with Gasteiger partial charge >= 0.3 is 0 Å². The second kappa shape index (κ2) is 9.67. The van der Waals surface area contributed by atoms with Gasteiger partial charge in [-0.15, -0.1) is 0 Å². The molecule has 0 saturated carbocycles. The van der Waals surface area contributed by atoms with Crippen molar-refractivity contribution in [3.05, 3.63) is 53.7 Å². The van der Waals surface area contributed by atoms with Gasteiger partial charge in [-0.2, -0.15) is 0 Å². The first-order valence-electron chi connectivity index (χ1n) is 10.4. The van der Waals surface area contributed by atoms with Gasteiger partial charge in [-0.05, 0) is 30.2 Å². The van der Waals surface area contributed by atoms with Crippen LogP contribution in [0.5, 0.6) is 0 Å². The highest BCUT2D eigenvalue weighted by atomic mass is 19.1. The van der Waals surface area contributed by atoms with Gasteiger partial charge in [0.2, 0.25) is 0 Å². The summed E-state index contributed by atoms with van der Waals surface area (Å²) < 4.78 is 31.7. The molecule has 0 spiro atoms. The highest BCUT2D eigenvalue weighted by Gasteiger charge is 2.47. The first-order valence-corrected chi connectivity index (χ1v) is 10.4. The van der Waals surface area contributed by atoms with E-state index < -0.39 is 42.8 Å². The molecule has 10 nitrogen and oxygen atoms in total. The maximum Gasteiger partial charge on any atom is 0.173 e. The lowest BCUT2D eigenvalue weighted by molar-refractivity contribution is -0.0914. The molecule has 3 aromatic rings. The summed E-state index contributed by atoms with van der Waals surface area (Å²) in [6.07, 6.45) is -3.77. The van der Waals surface area contributed by atoms with Crippen molar-refractivity contribution in [2.45, 2.75) is 43.9 Å². The number of hydrogen-bond acceptors (Lipinski definition) is 9. The number of rotatable bonds is 8. The standard InChI is InChI=1S/C22H27FN4O6/c1-11-4-5-12(8-14(11)23)16(28)19-17(29)18(30)22(33-19)27-7-6-13-20(25-10-26-21(13)27)24-9-15(31-2)32-3/h4-8,10,15-19,22,28-30H,9H2,1-3H3,(H,24,25,26)/t16-,17+,18-,19-,22-/m1/s1. The highest BCUT2D eigenvalue weighted by Crippen LogP contribution is 2.38. The quantitative estimate of drug-likeness (QED) is 0.366. The van der Waals surface area contributed by atoms with Crippen molar-refractivity contribution in [1.82, 2.24) is 14.5 Å². The monoisotopic (exact) mass is 462 g/mol. The zero-order valence-electron chi connectivity index (χ0n) is 18.4. The van der Waals surface area contributed by atoms with E-state index in [1.54, 1.807) is 29.8 Å². The summed E-state index contributed by atoms with van der Waals surface area (Å²) in [5, 5.41) is 35.8. The van der Waals surface area contributed by atoms with Crippen molar-refractivity contribution in [1.29, 1.82) is 0 Å². The summed E-state index contributed by atoms with van der Waals surface area (Å²) in [7, 11) is 3.06. The molecule has 0 aliphatic carbocycles. The van der Waals surface area contributed by atoms with E-state index in [-0.39, 0.29) is 5.56 Å². The molecule has 0 amide bonds. The Balaban J connectivity index is 1.58. The number of nitrogens with zero attached hydrogens (tertiary/aromatic N) is 3. The predicted molar refractivity (Wildman–Crippen MR) is 116 cm³/mol. The Kier molecular flexibility index (Phi) is 6.88. The molecule has 0 unspecified atom stereocenters. The molecule has 1 saturated heterocycles. The Morgan fingerprint density at radius 2 is 1.94 bits per heavy atom. The lowest BCUT2D eigenvalue weighted by atomic mass is 9.98. The molecule has 1 fully saturated rings. The van der Waals surface area contributed by atoms with Crippen molar-refractivity contribution in [2.24, 2.45) is 0 Å². The van der Waals surface area contributed by atoms with E-state index in [4.69, 9.17) is 14.2 Å². The number of hydrogen-bond donors (Lipinski definition) is 4. The van der Waals surface area contributed by atoms with Crippen LogP contribution >= 0.6 is 0 Å². The van der Waals surface area contributed by atoms with E-state index in [0.29, 0.717) is 29.0 Å². The molecular formula is C22H27FN4O6. The molecule has 0 radical (unpaired) electrons. The number of ether oxygens (including phenoxy) is 3. The van der Waals surface area contributed by atoms with Gasteiger partial charge in [-0.3, -0.25) is 0 Å². The summed E-state index contributed by atoms with van der Waals surface area (Å²) in [6.45, 7) is 1.95. The summed E-state index contributed by atoms with van der Waals surface area (Å²) in [6, 6.07) is 6.03. The van der Waals surface area contributed by atoms with Crippen LogP contribution in [0.4, 0.5) is 10.2 Å². The molecule has 1 aliphatic rings. The van der Waals surface area contributed by atoms with Gasteiger partial charge in [0, 0.05) is 20.4 Å². The first-order chi connectivity index (χ1) is 15.8. The maximum atomic E-state index is 14.0. The number of aromatic nitrogens is 3. The third-order valence-electron chi connectivity index (χ3n) is 5.87. The molecular weight excluding hydrogens is 435 g/mol. The summed E-state index contributed by atoms with van der Waals surface area (Å²) in [5.74, 6) is 0.0473. The summed E-state index contributed by atoms with van der Waals surface area (Å²) in [4.78, 5) is 8.53. The zero-order chi connectivity index (χ0) is 23.7. The van der Waals surface area contributed by atoms with Crippen LogP contribution in [0.15, 0.2) is 36.8 Å². The molecule has 11 heteroatoms. The summed E-state index contributed by atoms with van der Waals surface area (Å²) >= 11 is 0. The number of fused-ring (bicyclic) bond motifs is 1. The van der Waals surface area contributed by atoms with Crippen molar-refractivity contribution < 1.29 is 33.9 Å². The minimum Gasteiger partial charge on any atom is -0.387 e. The molecule has 2 aromatic heterocycles. The number of aliphatic hydroxyl groups excluding tert-OH is 3. The Morgan fingerprint density at radius 3 is 2.64 bits per heavy atom. The number of benzene rings is 1. The number of halogens is 1. The van der Waals surface area contributed by atoms with Crippen molar-refractivity contribution >= 4 is 16.9 Å². The van der Waals surface area contributed by atoms with Gasteiger partial charge in [0.25, 0.3) is 0 Å². The average molecular weight is 462 g/mol. The van der Waals surface area contributed by atoms with E-state index in [1.807, 2.05) is 0 Å². The topological polar surface area (TPSA) is 131 Å². The second-order valence-corrected chi connectivity index (χ2v) is 7.89. The second-order valence-electron chi connectivity index (χ2n) is 7.89. The number of aryl methyl sites for hydroxylation is 1. The van der Waals surface area contributed by atoms with E-state index in [0.717, 1.165) is 0 Å². The smallest absolute Gasteiger partial charge is 0.173 e. The van der Waals surface area contributed by atoms with Crippen LogP contribution in [0.3, 0.4) is 0 Å². The Labute approximate surface area is 189 Å². The molecule has 4 rings (SSSR count). The van der Waals surface area contributed by atoms with Gasteiger partial charge in [0.15, 0.2) is 12.5 Å². The molecule has 5 atom stereocenters. The van der Waals surface area contributed by atoms with Crippen LogP contribution in [0.2, 0.25) is 0 Å². The molecule has 33 heavy (non-hydrogen) atoms. The molecule has 4 N–H and O–H groups in total. The fraction of sp³-hybridized carbons (Fsp3) is 0.455. The SMILES string of the molecule is COC(CNc1ncnc2c1ccn2[C@@H]1O[C@H]([C@H](O)c2ccc(C)c(F)c2)[C@@H](O)[C@H]1O)OC. The summed E-state index contributed by atoms with van der Waals surface area (Å²) in [5.41, 5.74) is 1.13. The first kappa shape index (κ1) is 23.5. The van der Waals surface area contributed by atoms with Crippen LogP contribution in [0, 0.1) is 12.7 Å². The van der Waals surface area contributed by atoms with Crippen LogP contribution in [-0.4, -0.2) is 75.2 Å². The number of anilines is 1. The van der Waals surface area contributed by atoms with E-state index in [2.05, 4.69) is 15.3 Å². The van der Waals surface area contributed by atoms with Crippen LogP contribution in [0.1, 0.15) is 23.5 Å². The Morgan fingerprint density at radius 1 is 1.18 bits per heavy atom. The van der Waals surface area contributed by atoms with E-state index in [9.17, 15) is 19.7 Å². The van der Waals surface area contributed by atoms with E-state index in [1.165, 1.54) is 32.7 Å². The normalized spacial score (nSPS) is 24.0. The zero-order valence-corrected chi connectivity index (χ0v) is 18.4. The van der Waals surface area contributed by atoms with Gasteiger partial charge in [0.1, 0.15) is 48.0 Å². The van der Waals surface area contributed by atoms with Crippen molar-refractivity contribution in [3.8, 4) is 0 Å². The third-order valence-corrected chi connectivity index (χ3v) is 5.87. The Bertz CT molecular complexity index is 1110. The maximum absolute atomic E-state index is 14.0. The van der Waals surface area contributed by atoms with Gasteiger partial charge in [-0.25, -0.2) is 14.4 Å².